The van der Waals surface area contributed by atoms with Crippen molar-refractivity contribution in [2.75, 3.05) is 6.61 Å². The Balaban J connectivity index is 1.74. The predicted molar refractivity (Wildman–Crippen MR) is 74.2 cm³/mol. The number of ether oxygens (including phenoxy) is 1. The lowest BCUT2D eigenvalue weighted by Crippen LogP contribution is -2.29. The minimum atomic E-state index is -0.554. The third-order valence-corrected chi connectivity index (χ3v) is 3.71. The van der Waals surface area contributed by atoms with Crippen molar-refractivity contribution in [1.29, 1.82) is 0 Å². The summed E-state index contributed by atoms with van der Waals surface area (Å²) in [7, 11) is 0. The van der Waals surface area contributed by atoms with Crippen LogP contribution < -0.4 is 4.74 Å². The number of rotatable bonds is 3. The number of para-hydroxylation sites is 1. The summed E-state index contributed by atoms with van der Waals surface area (Å²) in [5, 5.41) is 0. The SMILES string of the molecule is O=C(Cc1cc(F)ccc1F)C1COc2ccccc2C1. The summed E-state index contributed by atoms with van der Waals surface area (Å²) in [6.07, 6.45) is 0.464. The van der Waals surface area contributed by atoms with Crippen LogP contribution in [0, 0.1) is 17.6 Å². The molecule has 1 heterocycles. The average molecular weight is 288 g/mol. The highest BCUT2D eigenvalue weighted by molar-refractivity contribution is 5.84. The molecule has 0 amide bonds. The van der Waals surface area contributed by atoms with E-state index in [2.05, 4.69) is 0 Å². The molecule has 4 heteroatoms. The van der Waals surface area contributed by atoms with Gasteiger partial charge in [-0.2, -0.15) is 0 Å². The summed E-state index contributed by atoms with van der Waals surface area (Å²) in [6, 6.07) is 10.7. The minimum Gasteiger partial charge on any atom is -0.493 e. The molecule has 0 saturated carbocycles. The van der Waals surface area contributed by atoms with Gasteiger partial charge >= 0.3 is 0 Å². The molecule has 0 saturated heterocycles. The Labute approximate surface area is 121 Å². The molecule has 2 aromatic rings. The van der Waals surface area contributed by atoms with E-state index in [1.165, 1.54) is 0 Å². The van der Waals surface area contributed by atoms with Crippen molar-refractivity contribution in [1.82, 2.24) is 0 Å². The van der Waals surface area contributed by atoms with E-state index in [0.717, 1.165) is 29.5 Å². The first-order valence-corrected chi connectivity index (χ1v) is 6.81. The van der Waals surface area contributed by atoms with Crippen molar-refractivity contribution < 1.29 is 18.3 Å². The first-order valence-electron chi connectivity index (χ1n) is 6.81. The summed E-state index contributed by atoms with van der Waals surface area (Å²) in [5.41, 5.74) is 1.07. The molecule has 1 aliphatic rings. The fourth-order valence-electron chi connectivity index (χ4n) is 2.55. The van der Waals surface area contributed by atoms with Crippen molar-refractivity contribution in [3.05, 3.63) is 65.2 Å². The van der Waals surface area contributed by atoms with Gasteiger partial charge in [-0.3, -0.25) is 4.79 Å². The highest BCUT2D eigenvalue weighted by Gasteiger charge is 2.26. The van der Waals surface area contributed by atoms with Crippen molar-refractivity contribution >= 4 is 5.78 Å². The Hall–Kier alpha value is -2.23. The molecule has 1 aliphatic heterocycles. The maximum absolute atomic E-state index is 13.6. The summed E-state index contributed by atoms with van der Waals surface area (Å²) in [5.74, 6) is -0.749. The summed E-state index contributed by atoms with van der Waals surface area (Å²) < 4.78 is 32.3. The van der Waals surface area contributed by atoms with E-state index in [1.54, 1.807) is 0 Å². The number of carbonyl (C=O) groups is 1. The molecule has 2 aromatic carbocycles. The maximum atomic E-state index is 13.6. The highest BCUT2D eigenvalue weighted by atomic mass is 19.1. The second kappa shape index (κ2) is 5.64. The number of fused-ring (bicyclic) bond motifs is 1. The molecule has 0 N–H and O–H groups in total. The van der Waals surface area contributed by atoms with Crippen LogP contribution in [0.3, 0.4) is 0 Å². The van der Waals surface area contributed by atoms with Crippen LogP contribution in [0.1, 0.15) is 11.1 Å². The van der Waals surface area contributed by atoms with Gasteiger partial charge in [-0.15, -0.1) is 0 Å². The lowest BCUT2D eigenvalue weighted by atomic mass is 9.90. The molecule has 21 heavy (non-hydrogen) atoms. The number of hydrogen-bond donors (Lipinski definition) is 0. The van der Waals surface area contributed by atoms with Crippen LogP contribution >= 0.6 is 0 Å². The van der Waals surface area contributed by atoms with Gasteiger partial charge in [0.1, 0.15) is 23.2 Å². The van der Waals surface area contributed by atoms with Gasteiger partial charge in [0.25, 0.3) is 0 Å². The topological polar surface area (TPSA) is 26.3 Å². The van der Waals surface area contributed by atoms with Gasteiger partial charge in [0.15, 0.2) is 0 Å². The van der Waals surface area contributed by atoms with E-state index in [-0.39, 0.29) is 30.3 Å². The Morgan fingerprint density at radius 2 is 2.00 bits per heavy atom. The monoisotopic (exact) mass is 288 g/mol. The zero-order valence-corrected chi connectivity index (χ0v) is 11.3. The van der Waals surface area contributed by atoms with E-state index < -0.39 is 11.6 Å². The second-order valence-electron chi connectivity index (χ2n) is 5.20. The molecule has 1 unspecified atom stereocenters. The first-order chi connectivity index (χ1) is 10.1. The lowest BCUT2D eigenvalue weighted by Gasteiger charge is -2.24. The third kappa shape index (κ3) is 2.94. The fraction of sp³-hybridized carbons (Fsp3) is 0.235. The lowest BCUT2D eigenvalue weighted by molar-refractivity contribution is -0.123. The zero-order valence-electron chi connectivity index (χ0n) is 11.3. The van der Waals surface area contributed by atoms with Gasteiger partial charge in [0.2, 0.25) is 0 Å². The largest absolute Gasteiger partial charge is 0.493 e. The maximum Gasteiger partial charge on any atom is 0.144 e. The van der Waals surface area contributed by atoms with Crippen molar-refractivity contribution in [2.24, 2.45) is 5.92 Å². The number of Topliss-reactive ketones (excluding diaryl/α,β-unsaturated/α-hetero) is 1. The fourth-order valence-corrected chi connectivity index (χ4v) is 2.55. The van der Waals surface area contributed by atoms with Crippen LogP contribution in [-0.4, -0.2) is 12.4 Å². The molecule has 2 nitrogen and oxygen atoms in total. The van der Waals surface area contributed by atoms with E-state index in [1.807, 2.05) is 24.3 Å². The van der Waals surface area contributed by atoms with Gasteiger partial charge < -0.3 is 4.74 Å². The van der Waals surface area contributed by atoms with Crippen molar-refractivity contribution in [3.8, 4) is 5.75 Å². The molecule has 0 fully saturated rings. The summed E-state index contributed by atoms with van der Waals surface area (Å²) >= 11 is 0. The molecule has 0 aromatic heterocycles. The molecule has 108 valence electrons. The number of halogens is 2. The second-order valence-corrected chi connectivity index (χ2v) is 5.20. The van der Waals surface area contributed by atoms with Crippen LogP contribution in [0.15, 0.2) is 42.5 Å². The van der Waals surface area contributed by atoms with Gasteiger partial charge in [0.05, 0.1) is 12.5 Å². The average Bonchev–Trinajstić information content (AvgIpc) is 2.50. The van der Waals surface area contributed by atoms with Crippen LogP contribution in [0.25, 0.3) is 0 Å². The van der Waals surface area contributed by atoms with E-state index >= 15 is 0 Å². The number of carbonyl (C=O) groups excluding carboxylic acids is 1. The van der Waals surface area contributed by atoms with Gasteiger partial charge in [-0.1, -0.05) is 18.2 Å². The normalized spacial score (nSPS) is 17.0. The number of ketones is 1. The number of benzene rings is 2. The molecule has 3 rings (SSSR count). The highest BCUT2D eigenvalue weighted by Crippen LogP contribution is 2.28. The summed E-state index contributed by atoms with van der Waals surface area (Å²) in [4.78, 5) is 12.3. The molecular formula is C17H14F2O2. The first kappa shape index (κ1) is 13.7. The standard InChI is InChI=1S/C17H14F2O2/c18-14-5-6-15(19)12(8-14)9-16(20)13-7-11-3-1-2-4-17(11)21-10-13/h1-6,8,13H,7,9-10H2. The van der Waals surface area contributed by atoms with E-state index in [4.69, 9.17) is 4.74 Å². The smallest absolute Gasteiger partial charge is 0.144 e. The van der Waals surface area contributed by atoms with Crippen LogP contribution in [-0.2, 0) is 17.6 Å². The molecule has 0 bridgehead atoms. The molecular weight excluding hydrogens is 274 g/mol. The van der Waals surface area contributed by atoms with Crippen molar-refractivity contribution in [3.63, 3.8) is 0 Å². The number of hydrogen-bond acceptors (Lipinski definition) is 2. The molecule has 0 spiro atoms. The molecule has 1 atom stereocenters. The van der Waals surface area contributed by atoms with Crippen LogP contribution in [0.2, 0.25) is 0 Å². The van der Waals surface area contributed by atoms with Gasteiger partial charge in [-0.05, 0) is 41.8 Å². The third-order valence-electron chi connectivity index (χ3n) is 3.71. The van der Waals surface area contributed by atoms with E-state index in [9.17, 15) is 13.6 Å². The van der Waals surface area contributed by atoms with E-state index in [0.29, 0.717) is 6.42 Å². The minimum absolute atomic E-state index is 0.0962. The summed E-state index contributed by atoms with van der Waals surface area (Å²) in [6.45, 7) is 0.285. The Morgan fingerprint density at radius 3 is 2.86 bits per heavy atom. The Kier molecular flexibility index (Phi) is 3.69. The van der Waals surface area contributed by atoms with Gasteiger partial charge in [-0.25, -0.2) is 8.78 Å². The van der Waals surface area contributed by atoms with Crippen LogP contribution in [0.4, 0.5) is 8.78 Å². The molecule has 0 radical (unpaired) electrons. The predicted octanol–water partition coefficient (Wildman–Crippen LogP) is 3.33. The quantitative estimate of drug-likeness (QED) is 0.866. The Bertz CT molecular complexity index is 682. The zero-order chi connectivity index (χ0) is 14.8. The molecule has 0 aliphatic carbocycles. The van der Waals surface area contributed by atoms with Gasteiger partial charge in [0, 0.05) is 6.42 Å². The van der Waals surface area contributed by atoms with Crippen LogP contribution in [0.5, 0.6) is 5.75 Å². The Morgan fingerprint density at radius 1 is 1.19 bits per heavy atom. The van der Waals surface area contributed by atoms with Crippen molar-refractivity contribution in [2.45, 2.75) is 12.8 Å².